The number of ether oxygens (including phenoxy) is 1. The monoisotopic (exact) mass is 406 g/mol. The van der Waals surface area contributed by atoms with Gasteiger partial charge in [0.05, 0.1) is 18.3 Å². The SMILES string of the molecule is CC[C@@H]1CN(c2nc(=O)n(C)c3cc(CO)nn23)[C@@H](C)CN1C(=O)OC(C)(C)C. The molecule has 1 saturated heterocycles. The van der Waals surface area contributed by atoms with Gasteiger partial charge in [-0.15, -0.1) is 0 Å². The van der Waals surface area contributed by atoms with Crippen LogP contribution in [0.15, 0.2) is 10.9 Å². The van der Waals surface area contributed by atoms with Crippen molar-refractivity contribution in [2.45, 2.75) is 65.3 Å². The van der Waals surface area contributed by atoms with Crippen LogP contribution < -0.4 is 10.6 Å². The fourth-order valence-electron chi connectivity index (χ4n) is 3.58. The van der Waals surface area contributed by atoms with Crippen molar-refractivity contribution in [3.8, 4) is 0 Å². The summed E-state index contributed by atoms with van der Waals surface area (Å²) in [4.78, 5) is 33.1. The molecule has 1 N–H and O–H groups in total. The molecule has 0 spiro atoms. The van der Waals surface area contributed by atoms with Crippen molar-refractivity contribution in [3.05, 3.63) is 22.2 Å². The van der Waals surface area contributed by atoms with E-state index < -0.39 is 11.3 Å². The second-order valence-electron chi connectivity index (χ2n) is 8.51. The van der Waals surface area contributed by atoms with Crippen molar-refractivity contribution in [3.63, 3.8) is 0 Å². The summed E-state index contributed by atoms with van der Waals surface area (Å²) in [5, 5.41) is 13.9. The molecule has 0 aromatic carbocycles. The number of fused-ring (bicyclic) bond motifs is 1. The van der Waals surface area contributed by atoms with Gasteiger partial charge in [0.2, 0.25) is 5.95 Å². The summed E-state index contributed by atoms with van der Waals surface area (Å²) >= 11 is 0. The molecule has 0 saturated carbocycles. The van der Waals surface area contributed by atoms with E-state index in [0.29, 0.717) is 30.4 Å². The number of anilines is 1. The third kappa shape index (κ3) is 4.07. The minimum atomic E-state index is -0.565. The van der Waals surface area contributed by atoms with Gasteiger partial charge in [0.15, 0.2) is 0 Å². The molecule has 3 heterocycles. The van der Waals surface area contributed by atoms with E-state index in [1.807, 2.05) is 39.5 Å². The fraction of sp³-hybridized carbons (Fsp3) is 0.684. The lowest BCUT2D eigenvalue weighted by molar-refractivity contribution is 0.0104. The molecule has 29 heavy (non-hydrogen) atoms. The van der Waals surface area contributed by atoms with Crippen LogP contribution in [0.5, 0.6) is 0 Å². The number of carbonyl (C=O) groups excluding carboxylic acids is 1. The molecule has 2 aromatic rings. The van der Waals surface area contributed by atoms with Crippen LogP contribution >= 0.6 is 0 Å². The minimum Gasteiger partial charge on any atom is -0.444 e. The number of aryl methyl sites for hydroxylation is 1. The number of rotatable bonds is 3. The first-order valence-electron chi connectivity index (χ1n) is 9.88. The topological polar surface area (TPSA) is 105 Å². The number of aliphatic hydroxyl groups is 1. The van der Waals surface area contributed by atoms with Gasteiger partial charge in [-0.25, -0.2) is 9.59 Å². The van der Waals surface area contributed by atoms with Crippen LogP contribution in [-0.4, -0.2) is 66.0 Å². The Morgan fingerprint density at radius 1 is 1.34 bits per heavy atom. The van der Waals surface area contributed by atoms with Crippen molar-refractivity contribution < 1.29 is 14.6 Å². The molecule has 3 rings (SSSR count). The van der Waals surface area contributed by atoms with Gasteiger partial charge in [-0.3, -0.25) is 4.57 Å². The van der Waals surface area contributed by atoms with E-state index in [-0.39, 0.29) is 24.8 Å². The van der Waals surface area contributed by atoms with Gasteiger partial charge in [0, 0.05) is 32.2 Å². The molecule has 160 valence electrons. The highest BCUT2D eigenvalue weighted by molar-refractivity contribution is 5.69. The summed E-state index contributed by atoms with van der Waals surface area (Å²) < 4.78 is 8.56. The highest BCUT2D eigenvalue weighted by Crippen LogP contribution is 2.25. The Bertz CT molecular complexity index is 960. The molecule has 0 unspecified atom stereocenters. The first-order valence-corrected chi connectivity index (χ1v) is 9.88. The van der Waals surface area contributed by atoms with E-state index in [1.165, 1.54) is 4.57 Å². The number of hydrogen-bond donors (Lipinski definition) is 1. The van der Waals surface area contributed by atoms with Gasteiger partial charge in [-0.1, -0.05) is 6.92 Å². The summed E-state index contributed by atoms with van der Waals surface area (Å²) in [5.74, 6) is 0.414. The van der Waals surface area contributed by atoms with Gasteiger partial charge in [0.25, 0.3) is 0 Å². The largest absolute Gasteiger partial charge is 0.444 e. The third-order valence-corrected chi connectivity index (χ3v) is 5.12. The van der Waals surface area contributed by atoms with Crippen LogP contribution in [0.25, 0.3) is 5.65 Å². The first-order chi connectivity index (χ1) is 13.6. The summed E-state index contributed by atoms with van der Waals surface area (Å²) in [5.41, 5.74) is 0.0529. The maximum Gasteiger partial charge on any atom is 0.410 e. The molecule has 2 atom stereocenters. The van der Waals surface area contributed by atoms with Crippen LogP contribution in [0.3, 0.4) is 0 Å². The number of piperazine rings is 1. The summed E-state index contributed by atoms with van der Waals surface area (Å²) in [6, 6.07) is 1.48. The number of carbonyl (C=O) groups is 1. The fourth-order valence-corrected chi connectivity index (χ4v) is 3.58. The second-order valence-corrected chi connectivity index (χ2v) is 8.51. The smallest absolute Gasteiger partial charge is 0.410 e. The zero-order chi connectivity index (χ0) is 21.5. The molecular weight excluding hydrogens is 376 g/mol. The molecule has 2 aromatic heterocycles. The van der Waals surface area contributed by atoms with E-state index in [4.69, 9.17) is 4.74 Å². The number of amides is 1. The van der Waals surface area contributed by atoms with Crippen LogP contribution in [0.4, 0.5) is 10.7 Å². The molecular formula is C19H30N6O4. The number of aromatic nitrogens is 4. The molecule has 10 nitrogen and oxygen atoms in total. The predicted molar refractivity (Wildman–Crippen MR) is 108 cm³/mol. The Morgan fingerprint density at radius 2 is 2.03 bits per heavy atom. The van der Waals surface area contributed by atoms with Gasteiger partial charge < -0.3 is 19.6 Å². The Kier molecular flexibility index (Phi) is 5.57. The predicted octanol–water partition coefficient (Wildman–Crippen LogP) is 1.14. The van der Waals surface area contributed by atoms with Crippen LogP contribution in [0.1, 0.15) is 46.7 Å². The molecule has 1 aliphatic heterocycles. The van der Waals surface area contributed by atoms with Gasteiger partial charge in [-0.05, 0) is 34.1 Å². The van der Waals surface area contributed by atoms with Gasteiger partial charge in [0.1, 0.15) is 11.2 Å². The van der Waals surface area contributed by atoms with Crippen molar-refractivity contribution in [2.75, 3.05) is 18.0 Å². The number of hydrogen-bond acceptors (Lipinski definition) is 7. The van der Waals surface area contributed by atoms with E-state index in [1.54, 1.807) is 22.5 Å². The first kappa shape index (κ1) is 21.1. The minimum absolute atomic E-state index is 0.0881. The van der Waals surface area contributed by atoms with Crippen LogP contribution in [0, 0.1) is 0 Å². The molecule has 1 fully saturated rings. The zero-order valence-electron chi connectivity index (χ0n) is 17.9. The summed E-state index contributed by atoms with van der Waals surface area (Å²) in [7, 11) is 1.62. The maximum atomic E-state index is 12.7. The number of nitrogens with zero attached hydrogens (tertiary/aromatic N) is 6. The Hall–Kier alpha value is -2.62. The molecule has 0 radical (unpaired) electrons. The summed E-state index contributed by atoms with van der Waals surface area (Å²) in [6.45, 7) is 10.3. The molecule has 1 amide bonds. The second kappa shape index (κ2) is 7.66. The molecule has 10 heteroatoms. The van der Waals surface area contributed by atoms with Crippen molar-refractivity contribution in [1.29, 1.82) is 0 Å². The average Bonchev–Trinajstić information content (AvgIpc) is 3.08. The lowest BCUT2D eigenvalue weighted by atomic mass is 10.1. The van der Waals surface area contributed by atoms with Gasteiger partial charge in [-0.2, -0.15) is 14.6 Å². The van der Waals surface area contributed by atoms with E-state index in [2.05, 4.69) is 10.1 Å². The van der Waals surface area contributed by atoms with E-state index >= 15 is 0 Å². The Morgan fingerprint density at radius 3 is 2.62 bits per heavy atom. The molecule has 1 aliphatic rings. The van der Waals surface area contributed by atoms with Crippen LogP contribution in [0.2, 0.25) is 0 Å². The highest BCUT2D eigenvalue weighted by atomic mass is 16.6. The quantitative estimate of drug-likeness (QED) is 0.815. The highest BCUT2D eigenvalue weighted by Gasteiger charge is 2.37. The third-order valence-electron chi connectivity index (χ3n) is 5.12. The van der Waals surface area contributed by atoms with Crippen molar-refractivity contribution in [2.24, 2.45) is 7.05 Å². The average molecular weight is 406 g/mol. The standard InChI is InChI=1S/C19H30N6O4/c1-7-14-10-23(12(2)9-24(14)18(28)29-19(3,4)5)16-20-17(27)22(6)15-8-13(11-26)21-25(15)16/h8,12,14,26H,7,9-11H2,1-6H3/t12-,14+/m0/s1. The van der Waals surface area contributed by atoms with Crippen LogP contribution in [-0.2, 0) is 18.4 Å². The molecule has 0 bridgehead atoms. The zero-order valence-corrected chi connectivity index (χ0v) is 17.9. The summed E-state index contributed by atoms with van der Waals surface area (Å²) in [6.07, 6.45) is 0.400. The lowest BCUT2D eigenvalue weighted by Crippen LogP contribution is -2.60. The lowest BCUT2D eigenvalue weighted by Gasteiger charge is -2.45. The van der Waals surface area contributed by atoms with Gasteiger partial charge >= 0.3 is 11.8 Å². The van der Waals surface area contributed by atoms with Crippen molar-refractivity contribution >= 4 is 17.7 Å². The maximum absolute atomic E-state index is 12.7. The normalized spacial score (nSPS) is 20.4. The Labute approximate surface area is 169 Å². The molecule has 0 aliphatic carbocycles. The van der Waals surface area contributed by atoms with E-state index in [0.717, 1.165) is 6.42 Å². The number of aliphatic hydroxyl groups excluding tert-OH is 1. The Balaban J connectivity index is 1.97. The van der Waals surface area contributed by atoms with E-state index in [9.17, 15) is 14.7 Å². The van der Waals surface area contributed by atoms with Crippen molar-refractivity contribution in [1.82, 2.24) is 24.1 Å².